The number of hydrogen-bond acceptors (Lipinski definition) is 0. The van der Waals surface area contributed by atoms with Gasteiger partial charge in [0.1, 0.15) is 0 Å². The highest BCUT2D eigenvalue weighted by Gasteiger charge is 2.08. The summed E-state index contributed by atoms with van der Waals surface area (Å²) in [6.45, 7) is 10.9. The van der Waals surface area contributed by atoms with Gasteiger partial charge in [-0.2, -0.15) is 0 Å². The van der Waals surface area contributed by atoms with Crippen LogP contribution >= 0.6 is 0 Å². The molecule has 0 radical (unpaired) electrons. The molecule has 0 spiro atoms. The summed E-state index contributed by atoms with van der Waals surface area (Å²) in [4.78, 5) is 0. The smallest absolute Gasteiger partial charge is 0.00171 e. The van der Waals surface area contributed by atoms with E-state index in [0.717, 1.165) is 0 Å². The molecule has 0 saturated heterocycles. The molecule has 0 bridgehead atoms. The molecule has 1 rings (SSSR count). The lowest BCUT2D eigenvalue weighted by Gasteiger charge is -2.15. The maximum Gasteiger partial charge on any atom is 0.00171 e. The van der Waals surface area contributed by atoms with Crippen molar-refractivity contribution in [2.75, 3.05) is 0 Å². The second kappa shape index (κ2) is 7.32. The lowest BCUT2D eigenvalue weighted by atomic mass is 9.90. The van der Waals surface area contributed by atoms with E-state index in [-0.39, 0.29) is 0 Å². The SMILES string of the molecule is C=C(CCCCCC)C(C)c1ccc(C)cc1. The predicted molar refractivity (Wildman–Crippen MR) is 77.5 cm³/mol. The second-order valence-corrected chi connectivity index (χ2v) is 5.10. The molecule has 0 amide bonds. The van der Waals surface area contributed by atoms with Crippen LogP contribution in [0.1, 0.15) is 63.0 Å². The third-order valence-corrected chi connectivity index (χ3v) is 3.54. The van der Waals surface area contributed by atoms with E-state index in [1.165, 1.54) is 48.8 Å². The first-order chi connectivity index (χ1) is 8.15. The summed E-state index contributed by atoms with van der Waals surface area (Å²) in [5, 5.41) is 0. The first-order valence-electron chi connectivity index (χ1n) is 6.89. The first kappa shape index (κ1) is 14.0. The molecule has 0 aliphatic carbocycles. The lowest BCUT2D eigenvalue weighted by Crippen LogP contribution is -1.97. The highest BCUT2D eigenvalue weighted by molar-refractivity contribution is 5.29. The summed E-state index contributed by atoms with van der Waals surface area (Å²) < 4.78 is 0. The van der Waals surface area contributed by atoms with Crippen molar-refractivity contribution < 1.29 is 0 Å². The fourth-order valence-corrected chi connectivity index (χ4v) is 2.09. The number of hydrogen-bond donors (Lipinski definition) is 0. The normalized spacial score (nSPS) is 12.4. The van der Waals surface area contributed by atoms with E-state index in [9.17, 15) is 0 Å². The Kier molecular flexibility index (Phi) is 6.04. The molecule has 1 unspecified atom stereocenters. The quantitative estimate of drug-likeness (QED) is 0.421. The van der Waals surface area contributed by atoms with Crippen LogP contribution in [0.3, 0.4) is 0 Å². The van der Waals surface area contributed by atoms with E-state index in [1.54, 1.807) is 0 Å². The Hall–Kier alpha value is -1.04. The molecule has 17 heavy (non-hydrogen) atoms. The summed E-state index contributed by atoms with van der Waals surface area (Å²) in [5.74, 6) is 0.497. The van der Waals surface area contributed by atoms with Crippen LogP contribution in [-0.2, 0) is 0 Å². The van der Waals surface area contributed by atoms with Gasteiger partial charge in [-0.25, -0.2) is 0 Å². The average molecular weight is 230 g/mol. The van der Waals surface area contributed by atoms with Crippen LogP contribution in [0.15, 0.2) is 36.4 Å². The van der Waals surface area contributed by atoms with E-state index < -0.39 is 0 Å². The van der Waals surface area contributed by atoms with Crippen molar-refractivity contribution >= 4 is 0 Å². The molecule has 1 aromatic rings. The van der Waals surface area contributed by atoms with Gasteiger partial charge >= 0.3 is 0 Å². The average Bonchev–Trinajstić information content (AvgIpc) is 2.34. The summed E-state index contributed by atoms with van der Waals surface area (Å²) in [6, 6.07) is 8.85. The molecule has 1 atom stereocenters. The standard InChI is InChI=1S/C17H26/c1-5-6-7-8-9-15(3)16(4)17-12-10-14(2)11-13-17/h10-13,16H,3,5-9H2,1-2,4H3. The van der Waals surface area contributed by atoms with Gasteiger partial charge in [-0.1, -0.05) is 75.1 Å². The Morgan fingerprint density at radius 3 is 2.35 bits per heavy atom. The van der Waals surface area contributed by atoms with Crippen LogP contribution in [0.25, 0.3) is 0 Å². The monoisotopic (exact) mass is 230 g/mol. The van der Waals surface area contributed by atoms with E-state index in [4.69, 9.17) is 0 Å². The number of aryl methyl sites for hydroxylation is 1. The van der Waals surface area contributed by atoms with E-state index >= 15 is 0 Å². The summed E-state index contributed by atoms with van der Waals surface area (Å²) in [5.41, 5.74) is 4.11. The van der Waals surface area contributed by atoms with Crippen molar-refractivity contribution in [3.8, 4) is 0 Å². The number of allylic oxidation sites excluding steroid dienone is 1. The minimum Gasteiger partial charge on any atom is -0.0993 e. The van der Waals surface area contributed by atoms with Gasteiger partial charge in [-0.15, -0.1) is 0 Å². The molecular formula is C17H26. The molecule has 0 nitrogen and oxygen atoms in total. The zero-order valence-electron chi connectivity index (χ0n) is 11.6. The van der Waals surface area contributed by atoms with Crippen LogP contribution in [0.4, 0.5) is 0 Å². The van der Waals surface area contributed by atoms with Crippen molar-refractivity contribution in [2.24, 2.45) is 0 Å². The first-order valence-corrected chi connectivity index (χ1v) is 6.89. The Morgan fingerprint density at radius 2 is 1.76 bits per heavy atom. The minimum atomic E-state index is 0.497. The molecule has 0 heteroatoms. The zero-order valence-corrected chi connectivity index (χ0v) is 11.6. The van der Waals surface area contributed by atoms with Crippen molar-refractivity contribution in [2.45, 2.75) is 58.8 Å². The van der Waals surface area contributed by atoms with Gasteiger partial charge in [0.25, 0.3) is 0 Å². The van der Waals surface area contributed by atoms with Gasteiger partial charge in [0.05, 0.1) is 0 Å². The molecule has 0 aliphatic heterocycles. The molecule has 0 fully saturated rings. The second-order valence-electron chi connectivity index (χ2n) is 5.10. The van der Waals surface area contributed by atoms with Gasteiger partial charge in [0.15, 0.2) is 0 Å². The Morgan fingerprint density at radius 1 is 1.12 bits per heavy atom. The van der Waals surface area contributed by atoms with Gasteiger partial charge < -0.3 is 0 Å². The number of rotatable bonds is 7. The zero-order chi connectivity index (χ0) is 12.7. The predicted octanol–water partition coefficient (Wildman–Crippen LogP) is 5.63. The number of benzene rings is 1. The largest absolute Gasteiger partial charge is 0.0993 e. The molecule has 0 N–H and O–H groups in total. The summed E-state index contributed by atoms with van der Waals surface area (Å²) in [7, 11) is 0. The molecule has 0 aromatic heterocycles. The molecule has 94 valence electrons. The molecule has 1 aromatic carbocycles. The fourth-order valence-electron chi connectivity index (χ4n) is 2.09. The highest BCUT2D eigenvalue weighted by Crippen LogP contribution is 2.26. The van der Waals surface area contributed by atoms with Gasteiger partial charge in [0, 0.05) is 5.92 Å². The van der Waals surface area contributed by atoms with E-state index in [0.29, 0.717) is 5.92 Å². The third-order valence-electron chi connectivity index (χ3n) is 3.54. The van der Waals surface area contributed by atoms with Gasteiger partial charge in [0.2, 0.25) is 0 Å². The third kappa shape index (κ3) is 4.77. The van der Waals surface area contributed by atoms with Gasteiger partial charge in [-0.3, -0.25) is 0 Å². The van der Waals surface area contributed by atoms with Crippen LogP contribution in [-0.4, -0.2) is 0 Å². The Labute approximate surface area is 107 Å². The van der Waals surface area contributed by atoms with Crippen molar-refractivity contribution in [1.29, 1.82) is 0 Å². The molecule has 0 saturated carbocycles. The van der Waals surface area contributed by atoms with Crippen molar-refractivity contribution in [3.63, 3.8) is 0 Å². The minimum absolute atomic E-state index is 0.497. The van der Waals surface area contributed by atoms with Crippen molar-refractivity contribution in [1.82, 2.24) is 0 Å². The van der Waals surface area contributed by atoms with E-state index in [2.05, 4.69) is 51.6 Å². The van der Waals surface area contributed by atoms with Crippen LogP contribution in [0.2, 0.25) is 0 Å². The van der Waals surface area contributed by atoms with Crippen LogP contribution < -0.4 is 0 Å². The Bertz CT molecular complexity index is 332. The topological polar surface area (TPSA) is 0 Å². The molecule has 0 heterocycles. The fraction of sp³-hybridized carbons (Fsp3) is 0.529. The lowest BCUT2D eigenvalue weighted by molar-refractivity contribution is 0.647. The summed E-state index contributed by atoms with van der Waals surface area (Å²) >= 11 is 0. The van der Waals surface area contributed by atoms with Crippen molar-refractivity contribution in [3.05, 3.63) is 47.5 Å². The molecular weight excluding hydrogens is 204 g/mol. The summed E-state index contributed by atoms with van der Waals surface area (Å²) in [6.07, 6.45) is 6.47. The molecule has 0 aliphatic rings. The highest BCUT2D eigenvalue weighted by atomic mass is 14.1. The van der Waals surface area contributed by atoms with Crippen LogP contribution in [0, 0.1) is 6.92 Å². The number of unbranched alkanes of at least 4 members (excludes halogenated alkanes) is 3. The van der Waals surface area contributed by atoms with Crippen LogP contribution in [0.5, 0.6) is 0 Å². The maximum atomic E-state index is 4.25. The van der Waals surface area contributed by atoms with E-state index in [1.807, 2.05) is 0 Å². The van der Waals surface area contributed by atoms with Gasteiger partial charge in [-0.05, 0) is 25.3 Å². The maximum absolute atomic E-state index is 4.25. The Balaban J connectivity index is 2.43.